The fraction of sp³-hybridized carbons (Fsp3) is 0.0588. The van der Waals surface area contributed by atoms with E-state index >= 15 is 0 Å². The molecule has 0 heterocycles. The SMILES string of the molecule is N#C/C(=C/Nc1ccc(I)cc1)C(=O)NCc1ccc(Cl)cc1. The molecule has 0 bridgehead atoms. The van der Waals surface area contributed by atoms with E-state index in [0.29, 0.717) is 11.6 Å². The molecule has 0 saturated carbocycles. The second-order valence-corrected chi connectivity index (χ2v) is 6.31. The van der Waals surface area contributed by atoms with Gasteiger partial charge in [0, 0.05) is 27.0 Å². The molecule has 4 nitrogen and oxygen atoms in total. The van der Waals surface area contributed by atoms with Crippen LogP contribution in [0, 0.1) is 14.9 Å². The van der Waals surface area contributed by atoms with Crippen LogP contribution in [0.4, 0.5) is 5.69 Å². The van der Waals surface area contributed by atoms with Crippen LogP contribution in [0.1, 0.15) is 5.56 Å². The number of amides is 1. The lowest BCUT2D eigenvalue weighted by molar-refractivity contribution is -0.117. The molecule has 0 saturated heterocycles. The summed E-state index contributed by atoms with van der Waals surface area (Å²) >= 11 is 8.01. The van der Waals surface area contributed by atoms with Gasteiger partial charge in [0.25, 0.3) is 5.91 Å². The number of rotatable bonds is 5. The van der Waals surface area contributed by atoms with Crippen LogP contribution in [0.3, 0.4) is 0 Å². The molecule has 6 heteroatoms. The second kappa shape index (κ2) is 8.56. The normalized spacial score (nSPS) is 10.7. The Morgan fingerprint density at radius 3 is 2.43 bits per heavy atom. The van der Waals surface area contributed by atoms with Gasteiger partial charge in [0.05, 0.1) is 0 Å². The third kappa shape index (κ3) is 5.58. The smallest absolute Gasteiger partial charge is 0.263 e. The van der Waals surface area contributed by atoms with Gasteiger partial charge in [-0.05, 0) is 64.6 Å². The number of nitrogens with zero attached hydrogens (tertiary/aromatic N) is 1. The summed E-state index contributed by atoms with van der Waals surface area (Å²) in [5.41, 5.74) is 1.73. The number of hydrogen-bond donors (Lipinski definition) is 2. The number of nitrogens with one attached hydrogen (secondary N) is 2. The van der Waals surface area contributed by atoms with Crippen molar-refractivity contribution in [1.29, 1.82) is 5.26 Å². The maximum atomic E-state index is 12.0. The van der Waals surface area contributed by atoms with E-state index in [2.05, 4.69) is 33.2 Å². The van der Waals surface area contributed by atoms with Crippen molar-refractivity contribution >= 4 is 45.8 Å². The minimum atomic E-state index is -0.430. The van der Waals surface area contributed by atoms with Crippen molar-refractivity contribution in [2.75, 3.05) is 5.32 Å². The molecular formula is C17H13ClIN3O. The minimum absolute atomic E-state index is 0.0116. The van der Waals surface area contributed by atoms with Crippen LogP contribution in [0.5, 0.6) is 0 Å². The molecule has 0 aliphatic carbocycles. The number of halogens is 2. The summed E-state index contributed by atoms with van der Waals surface area (Å²) in [6.07, 6.45) is 1.40. The number of hydrogen-bond acceptors (Lipinski definition) is 3. The van der Waals surface area contributed by atoms with Crippen molar-refractivity contribution in [3.63, 3.8) is 0 Å². The number of anilines is 1. The average Bonchev–Trinajstić information content (AvgIpc) is 2.56. The summed E-state index contributed by atoms with van der Waals surface area (Å²) in [6, 6.07) is 16.7. The summed E-state index contributed by atoms with van der Waals surface area (Å²) in [6.45, 7) is 0.332. The van der Waals surface area contributed by atoms with Gasteiger partial charge < -0.3 is 10.6 Å². The summed E-state index contributed by atoms with van der Waals surface area (Å²) in [5, 5.41) is 15.4. The molecule has 0 aliphatic heterocycles. The topological polar surface area (TPSA) is 64.9 Å². The fourth-order valence-electron chi connectivity index (χ4n) is 1.73. The Balaban J connectivity index is 1.95. The van der Waals surface area contributed by atoms with Gasteiger partial charge in [0.15, 0.2) is 0 Å². The van der Waals surface area contributed by atoms with Gasteiger partial charge >= 0.3 is 0 Å². The maximum absolute atomic E-state index is 12.0. The van der Waals surface area contributed by atoms with Gasteiger partial charge in [-0.3, -0.25) is 4.79 Å². The van der Waals surface area contributed by atoms with Crippen LogP contribution in [0.25, 0.3) is 0 Å². The summed E-state index contributed by atoms with van der Waals surface area (Å²) in [4.78, 5) is 12.0. The Morgan fingerprint density at radius 2 is 1.83 bits per heavy atom. The molecule has 116 valence electrons. The van der Waals surface area contributed by atoms with Gasteiger partial charge in [-0.2, -0.15) is 5.26 Å². The Morgan fingerprint density at radius 1 is 1.17 bits per heavy atom. The molecule has 2 aromatic rings. The third-order valence-electron chi connectivity index (χ3n) is 2.96. The van der Waals surface area contributed by atoms with Gasteiger partial charge in [-0.15, -0.1) is 0 Å². The van der Waals surface area contributed by atoms with Crippen LogP contribution in [-0.4, -0.2) is 5.91 Å². The first-order chi connectivity index (χ1) is 11.1. The summed E-state index contributed by atoms with van der Waals surface area (Å²) < 4.78 is 1.11. The highest BCUT2D eigenvalue weighted by Crippen LogP contribution is 2.12. The van der Waals surface area contributed by atoms with Crippen molar-refractivity contribution in [2.24, 2.45) is 0 Å². The van der Waals surface area contributed by atoms with Crippen molar-refractivity contribution in [3.8, 4) is 6.07 Å². The van der Waals surface area contributed by atoms with Crippen molar-refractivity contribution in [3.05, 3.63) is 74.5 Å². The summed E-state index contributed by atoms with van der Waals surface area (Å²) in [7, 11) is 0. The Hall–Kier alpha value is -2.04. The predicted molar refractivity (Wildman–Crippen MR) is 99.8 cm³/mol. The van der Waals surface area contributed by atoms with Crippen LogP contribution in [0.15, 0.2) is 60.3 Å². The van der Waals surface area contributed by atoms with E-state index in [-0.39, 0.29) is 5.57 Å². The highest BCUT2D eigenvalue weighted by atomic mass is 127. The molecule has 0 fully saturated rings. The predicted octanol–water partition coefficient (Wildman–Crippen LogP) is 4.08. The number of carbonyl (C=O) groups is 1. The van der Waals surface area contributed by atoms with E-state index in [4.69, 9.17) is 16.9 Å². The number of carbonyl (C=O) groups excluding carboxylic acids is 1. The molecule has 2 N–H and O–H groups in total. The van der Waals surface area contributed by atoms with Crippen LogP contribution < -0.4 is 10.6 Å². The van der Waals surface area contributed by atoms with Crippen molar-refractivity contribution in [1.82, 2.24) is 5.32 Å². The Labute approximate surface area is 153 Å². The molecule has 2 aromatic carbocycles. The first-order valence-corrected chi connectivity index (χ1v) is 8.19. The van der Waals surface area contributed by atoms with Crippen LogP contribution in [-0.2, 0) is 11.3 Å². The number of benzene rings is 2. The monoisotopic (exact) mass is 437 g/mol. The molecule has 0 radical (unpaired) electrons. The molecular weight excluding hydrogens is 425 g/mol. The molecule has 0 aliphatic rings. The quantitative estimate of drug-likeness (QED) is 0.421. The Bertz CT molecular complexity index is 749. The van der Waals surface area contributed by atoms with E-state index in [1.807, 2.05) is 42.5 Å². The zero-order chi connectivity index (χ0) is 16.7. The van der Waals surface area contributed by atoms with E-state index in [1.165, 1.54) is 6.20 Å². The molecule has 23 heavy (non-hydrogen) atoms. The standard InChI is InChI=1S/C17H13ClIN3O/c18-14-3-1-12(2-4-14)10-22-17(23)13(9-20)11-21-16-7-5-15(19)6-8-16/h1-8,11,21H,10H2,(H,22,23)/b13-11-. The largest absolute Gasteiger partial charge is 0.360 e. The first kappa shape index (κ1) is 17.3. The zero-order valence-electron chi connectivity index (χ0n) is 12.0. The third-order valence-corrected chi connectivity index (χ3v) is 3.93. The molecule has 0 atom stereocenters. The lowest BCUT2D eigenvalue weighted by Crippen LogP contribution is -2.24. The van der Waals surface area contributed by atoms with E-state index in [9.17, 15) is 4.79 Å². The summed E-state index contributed by atoms with van der Waals surface area (Å²) in [5.74, 6) is -0.430. The second-order valence-electron chi connectivity index (χ2n) is 4.63. The minimum Gasteiger partial charge on any atom is -0.360 e. The highest BCUT2D eigenvalue weighted by molar-refractivity contribution is 14.1. The first-order valence-electron chi connectivity index (χ1n) is 6.73. The van der Waals surface area contributed by atoms with Crippen molar-refractivity contribution in [2.45, 2.75) is 6.54 Å². The lowest BCUT2D eigenvalue weighted by atomic mass is 10.2. The fourth-order valence-corrected chi connectivity index (χ4v) is 2.22. The molecule has 1 amide bonds. The van der Waals surface area contributed by atoms with E-state index < -0.39 is 5.91 Å². The van der Waals surface area contributed by atoms with Crippen molar-refractivity contribution < 1.29 is 4.79 Å². The van der Waals surface area contributed by atoms with Gasteiger partial charge in [-0.1, -0.05) is 23.7 Å². The zero-order valence-corrected chi connectivity index (χ0v) is 14.9. The lowest BCUT2D eigenvalue weighted by Gasteiger charge is -2.06. The van der Waals surface area contributed by atoms with Gasteiger partial charge in [0.1, 0.15) is 11.6 Å². The highest BCUT2D eigenvalue weighted by Gasteiger charge is 2.08. The molecule has 0 aromatic heterocycles. The van der Waals surface area contributed by atoms with Gasteiger partial charge in [0.2, 0.25) is 0 Å². The molecule has 2 rings (SSSR count). The maximum Gasteiger partial charge on any atom is 0.263 e. The van der Waals surface area contributed by atoms with Gasteiger partial charge in [-0.25, -0.2) is 0 Å². The van der Waals surface area contributed by atoms with Crippen LogP contribution >= 0.6 is 34.2 Å². The van der Waals surface area contributed by atoms with E-state index in [1.54, 1.807) is 12.1 Å². The molecule has 0 spiro atoms. The number of nitriles is 1. The Kier molecular flexibility index (Phi) is 6.44. The van der Waals surface area contributed by atoms with E-state index in [0.717, 1.165) is 14.8 Å². The van der Waals surface area contributed by atoms with Crippen LogP contribution in [0.2, 0.25) is 5.02 Å². The molecule has 0 unspecified atom stereocenters. The average molecular weight is 438 g/mol.